The standard InChI is InChI=1S/C17H17F2N5O.C14H18FNO/c1-11-20-14(23-6-8-25-9-7-23)10-15(21-11)24-13-5-3-2-4-12(13)22-17(24)16(18)19;1-2-4-11-7-8-16(10-11)14(17)12-5-3-6-13(15)9-12/h2-5,10,16H,6-9H2,1H3;3,5-6,9,11H,2,4,7-8,10H2,1H3/t;11-/m.0/s1. The molecule has 42 heavy (non-hydrogen) atoms. The SMILES string of the molecule is CCC[C@H]1CCN(C(=O)c2cccc(F)c2)C1.Cc1nc(N2CCOCC2)cc(-n2c(C(F)F)nc3ccccc32)n1. The number of aryl methyl sites for hydroxylation is 1. The van der Waals surface area contributed by atoms with E-state index in [4.69, 9.17) is 4.74 Å². The Bertz CT molecular complexity index is 1520. The zero-order valence-electron chi connectivity index (χ0n) is 23.8. The van der Waals surface area contributed by atoms with Crippen LogP contribution in [0.1, 0.15) is 54.6 Å². The smallest absolute Gasteiger partial charge is 0.296 e. The predicted octanol–water partition coefficient (Wildman–Crippen LogP) is 5.99. The maximum atomic E-state index is 13.6. The van der Waals surface area contributed by atoms with E-state index in [1.54, 1.807) is 49.4 Å². The van der Waals surface area contributed by atoms with Crippen LogP contribution in [0.25, 0.3) is 16.9 Å². The fourth-order valence-corrected chi connectivity index (χ4v) is 5.50. The van der Waals surface area contributed by atoms with Crippen molar-refractivity contribution in [1.29, 1.82) is 0 Å². The van der Waals surface area contributed by atoms with Gasteiger partial charge in [-0.25, -0.2) is 28.1 Å². The number of carbonyl (C=O) groups excluding carboxylic acids is 1. The van der Waals surface area contributed by atoms with Gasteiger partial charge >= 0.3 is 0 Å². The molecule has 11 heteroatoms. The van der Waals surface area contributed by atoms with Gasteiger partial charge in [-0.1, -0.05) is 31.5 Å². The van der Waals surface area contributed by atoms with Crippen LogP contribution in [0.5, 0.6) is 0 Å². The Morgan fingerprint density at radius 1 is 1.00 bits per heavy atom. The van der Waals surface area contributed by atoms with Crippen molar-refractivity contribution in [2.45, 2.75) is 39.5 Å². The summed E-state index contributed by atoms with van der Waals surface area (Å²) in [5, 5.41) is 0. The summed E-state index contributed by atoms with van der Waals surface area (Å²) in [5.41, 5.74) is 1.58. The fourth-order valence-electron chi connectivity index (χ4n) is 5.50. The molecule has 0 unspecified atom stereocenters. The first-order valence-corrected chi connectivity index (χ1v) is 14.3. The number of likely N-dealkylation sites (tertiary alicyclic amines) is 1. The number of carbonyl (C=O) groups is 1. The summed E-state index contributed by atoms with van der Waals surface area (Å²) in [6.45, 7) is 8.21. The number of ether oxygens (including phenoxy) is 1. The molecule has 1 amide bonds. The molecule has 8 nitrogen and oxygen atoms in total. The normalized spacial score (nSPS) is 17.0. The van der Waals surface area contributed by atoms with Gasteiger partial charge in [-0.2, -0.15) is 0 Å². The van der Waals surface area contributed by atoms with Crippen molar-refractivity contribution in [3.05, 3.63) is 77.6 Å². The Morgan fingerprint density at radius 3 is 2.50 bits per heavy atom. The van der Waals surface area contributed by atoms with Crippen molar-refractivity contribution in [3.8, 4) is 5.82 Å². The number of amides is 1. The highest BCUT2D eigenvalue weighted by Crippen LogP contribution is 2.28. The molecule has 0 spiro atoms. The zero-order chi connectivity index (χ0) is 29.6. The average Bonchev–Trinajstić information content (AvgIpc) is 3.63. The topological polar surface area (TPSA) is 76.4 Å². The quantitative estimate of drug-likeness (QED) is 0.279. The molecular weight excluding hydrogens is 545 g/mol. The second-order valence-corrected chi connectivity index (χ2v) is 10.5. The minimum atomic E-state index is -2.70. The molecule has 0 aliphatic carbocycles. The number of hydrogen-bond acceptors (Lipinski definition) is 6. The van der Waals surface area contributed by atoms with Gasteiger partial charge in [0.25, 0.3) is 12.3 Å². The molecule has 2 aromatic heterocycles. The Hall–Kier alpha value is -3.99. The number of morpholine rings is 1. The van der Waals surface area contributed by atoms with Crippen LogP contribution in [-0.4, -0.2) is 69.7 Å². The Labute approximate surface area is 243 Å². The highest BCUT2D eigenvalue weighted by Gasteiger charge is 2.26. The molecule has 4 aromatic rings. The summed E-state index contributed by atoms with van der Waals surface area (Å²) in [4.78, 5) is 28.9. The molecule has 2 fully saturated rings. The fraction of sp³-hybridized carbons (Fsp3) is 0.419. The monoisotopic (exact) mass is 580 g/mol. The molecule has 2 aliphatic heterocycles. The average molecular weight is 581 g/mol. The third kappa shape index (κ3) is 6.73. The van der Waals surface area contributed by atoms with Crippen LogP contribution in [-0.2, 0) is 4.74 Å². The van der Waals surface area contributed by atoms with E-state index in [1.165, 1.54) is 23.1 Å². The number of rotatable bonds is 6. The lowest BCUT2D eigenvalue weighted by molar-refractivity contribution is 0.0786. The van der Waals surface area contributed by atoms with Crippen molar-refractivity contribution in [3.63, 3.8) is 0 Å². The number of fused-ring (bicyclic) bond motifs is 1. The van der Waals surface area contributed by atoms with E-state index in [0.29, 0.717) is 66.3 Å². The van der Waals surface area contributed by atoms with Crippen LogP contribution in [0, 0.1) is 18.7 Å². The van der Waals surface area contributed by atoms with Crippen LogP contribution in [0.15, 0.2) is 54.6 Å². The summed E-state index contributed by atoms with van der Waals surface area (Å²) in [6.07, 6.45) is 0.712. The van der Waals surface area contributed by atoms with Gasteiger partial charge in [0.05, 0.1) is 24.2 Å². The number of aromatic nitrogens is 4. The number of para-hydroxylation sites is 2. The highest BCUT2D eigenvalue weighted by atomic mass is 19.3. The third-order valence-corrected chi connectivity index (χ3v) is 7.50. The van der Waals surface area contributed by atoms with Crippen molar-refractivity contribution < 1.29 is 22.7 Å². The molecule has 2 aliphatic rings. The summed E-state index contributed by atoms with van der Waals surface area (Å²) in [5.74, 6) is 1.56. The molecule has 2 aromatic carbocycles. The molecule has 6 rings (SSSR count). The first kappa shape index (κ1) is 29.5. The van der Waals surface area contributed by atoms with Gasteiger partial charge in [-0.3, -0.25) is 9.36 Å². The molecule has 0 radical (unpaired) electrons. The van der Waals surface area contributed by atoms with Gasteiger partial charge in [-0.05, 0) is 56.0 Å². The maximum Gasteiger partial charge on any atom is 0.296 e. The van der Waals surface area contributed by atoms with E-state index in [1.807, 2.05) is 4.90 Å². The van der Waals surface area contributed by atoms with E-state index in [2.05, 4.69) is 26.8 Å². The van der Waals surface area contributed by atoms with Crippen molar-refractivity contribution in [1.82, 2.24) is 24.4 Å². The lowest BCUT2D eigenvalue weighted by Gasteiger charge is -2.28. The highest BCUT2D eigenvalue weighted by molar-refractivity contribution is 5.94. The minimum absolute atomic E-state index is 0.0388. The number of imidazole rings is 1. The summed E-state index contributed by atoms with van der Waals surface area (Å²) in [6, 6.07) is 14.7. The van der Waals surface area contributed by atoms with Gasteiger partial charge in [-0.15, -0.1) is 0 Å². The van der Waals surface area contributed by atoms with E-state index in [0.717, 1.165) is 25.9 Å². The van der Waals surface area contributed by atoms with Crippen molar-refractivity contribution >= 4 is 22.8 Å². The summed E-state index contributed by atoms with van der Waals surface area (Å²) < 4.78 is 46.9. The molecule has 0 saturated carbocycles. The van der Waals surface area contributed by atoms with Gasteiger partial charge in [0.15, 0.2) is 5.82 Å². The van der Waals surface area contributed by atoms with Crippen LogP contribution in [0.4, 0.5) is 19.0 Å². The van der Waals surface area contributed by atoms with E-state index in [9.17, 15) is 18.0 Å². The Balaban J connectivity index is 0.000000181. The Morgan fingerprint density at radius 2 is 1.76 bits per heavy atom. The van der Waals surface area contributed by atoms with Crippen LogP contribution < -0.4 is 4.90 Å². The van der Waals surface area contributed by atoms with Crippen molar-refractivity contribution in [2.24, 2.45) is 5.92 Å². The van der Waals surface area contributed by atoms with E-state index in [-0.39, 0.29) is 17.5 Å². The maximum absolute atomic E-state index is 13.6. The number of halogens is 3. The van der Waals surface area contributed by atoms with Gasteiger partial charge < -0.3 is 14.5 Å². The minimum Gasteiger partial charge on any atom is -0.378 e. The third-order valence-electron chi connectivity index (χ3n) is 7.50. The Kier molecular flexibility index (Phi) is 9.36. The lowest BCUT2D eigenvalue weighted by Crippen LogP contribution is -2.37. The molecule has 222 valence electrons. The van der Waals surface area contributed by atoms with Gasteiger partial charge in [0.1, 0.15) is 23.3 Å². The van der Waals surface area contributed by atoms with Gasteiger partial charge in [0.2, 0.25) is 0 Å². The number of benzene rings is 2. The van der Waals surface area contributed by atoms with Gasteiger partial charge in [0, 0.05) is 37.8 Å². The van der Waals surface area contributed by atoms with E-state index < -0.39 is 6.43 Å². The number of hydrogen-bond donors (Lipinski definition) is 0. The first-order valence-electron chi connectivity index (χ1n) is 14.3. The van der Waals surface area contributed by atoms with Crippen LogP contribution in [0.2, 0.25) is 0 Å². The lowest BCUT2D eigenvalue weighted by atomic mass is 10.0. The number of nitrogens with zero attached hydrogens (tertiary/aromatic N) is 6. The molecule has 1 atom stereocenters. The first-order chi connectivity index (χ1) is 20.3. The largest absolute Gasteiger partial charge is 0.378 e. The van der Waals surface area contributed by atoms with E-state index >= 15 is 0 Å². The number of alkyl halides is 2. The van der Waals surface area contributed by atoms with Crippen molar-refractivity contribution in [2.75, 3.05) is 44.3 Å². The van der Waals surface area contributed by atoms with Crippen LogP contribution >= 0.6 is 0 Å². The molecule has 0 N–H and O–H groups in total. The predicted molar refractivity (Wildman–Crippen MR) is 155 cm³/mol. The summed E-state index contributed by atoms with van der Waals surface area (Å²) >= 11 is 0. The van der Waals surface area contributed by atoms with Crippen LogP contribution in [0.3, 0.4) is 0 Å². The second-order valence-electron chi connectivity index (χ2n) is 10.5. The molecule has 0 bridgehead atoms. The second kappa shape index (κ2) is 13.3. The zero-order valence-corrected chi connectivity index (χ0v) is 23.8. The molecule has 2 saturated heterocycles. The molecule has 4 heterocycles. The summed E-state index contributed by atoms with van der Waals surface area (Å²) in [7, 11) is 0. The number of anilines is 1. The molecular formula is C31H35F3N6O2.